The van der Waals surface area contributed by atoms with E-state index in [9.17, 15) is 4.91 Å². The molecular formula is C5H12N3O2+. The molecular weight excluding hydrogens is 134 g/mol. The first-order valence-corrected chi connectivity index (χ1v) is 3.33. The zero-order valence-electron chi connectivity index (χ0n) is 5.96. The van der Waals surface area contributed by atoms with Gasteiger partial charge in [0, 0.05) is 13.0 Å². The van der Waals surface area contributed by atoms with Crippen LogP contribution < -0.4 is 10.9 Å². The normalized spacial score (nSPS) is 25.9. The lowest BCUT2D eigenvalue weighted by Gasteiger charge is -2.14. The monoisotopic (exact) mass is 146 g/mol. The molecule has 1 fully saturated rings. The molecule has 1 heterocycles. The third kappa shape index (κ3) is 1.65. The molecule has 1 atom stereocenters. The molecule has 1 saturated heterocycles. The molecule has 0 aromatic heterocycles. The van der Waals surface area contributed by atoms with E-state index in [0.717, 1.165) is 19.4 Å². The van der Waals surface area contributed by atoms with E-state index in [1.807, 2.05) is 0 Å². The molecule has 0 saturated carbocycles. The van der Waals surface area contributed by atoms with Crippen molar-refractivity contribution in [3.63, 3.8) is 0 Å². The van der Waals surface area contributed by atoms with Gasteiger partial charge in [0.05, 0.1) is 4.91 Å². The van der Waals surface area contributed by atoms with Gasteiger partial charge >= 0.3 is 6.17 Å². The van der Waals surface area contributed by atoms with Crippen LogP contribution >= 0.6 is 0 Å². The Labute approximate surface area is 59.2 Å². The lowest BCUT2D eigenvalue weighted by atomic mass is 10.2. The van der Waals surface area contributed by atoms with E-state index in [-0.39, 0.29) is 6.17 Å². The molecule has 0 bridgehead atoms. The fourth-order valence-electron chi connectivity index (χ4n) is 0.931. The predicted octanol–water partition coefficient (Wildman–Crippen LogP) is -0.459. The second-order valence-corrected chi connectivity index (χ2v) is 2.20. The molecule has 5 nitrogen and oxygen atoms in total. The molecule has 0 spiro atoms. The number of hydrogen-bond acceptors (Lipinski definition) is 4. The van der Waals surface area contributed by atoms with Gasteiger partial charge in [-0.05, 0) is 6.42 Å². The average molecular weight is 146 g/mol. The Bertz CT molecular complexity index is 122. The van der Waals surface area contributed by atoms with E-state index in [1.165, 1.54) is 7.11 Å². The van der Waals surface area contributed by atoms with Crippen LogP contribution in [0.4, 0.5) is 0 Å². The fraction of sp³-hybridized carbons (Fsp3) is 1.00. The third-order valence-corrected chi connectivity index (χ3v) is 1.48. The van der Waals surface area contributed by atoms with Crippen molar-refractivity contribution >= 4 is 0 Å². The summed E-state index contributed by atoms with van der Waals surface area (Å²) in [6.45, 7) is 0.911. The van der Waals surface area contributed by atoms with Crippen molar-refractivity contribution in [3.05, 3.63) is 4.91 Å². The Morgan fingerprint density at radius 3 is 3.00 bits per heavy atom. The smallest absolute Gasteiger partial charge is 0.252 e. The molecule has 2 N–H and O–H groups in total. The molecule has 1 rings (SSSR count). The van der Waals surface area contributed by atoms with Crippen LogP contribution in [-0.2, 0) is 4.84 Å². The minimum Gasteiger partial charge on any atom is -0.252 e. The number of nitrogens with one attached hydrogen (secondary N) is 2. The standard InChI is InChI=1S/C5H12N3O2/c1-10-8(9)5-3-2-4-6-7-5/h5-7H,2-4H2,1H3/q+1/t5-/m1/s1. The van der Waals surface area contributed by atoms with Crippen molar-refractivity contribution in [2.75, 3.05) is 13.7 Å². The van der Waals surface area contributed by atoms with Crippen molar-refractivity contribution in [1.29, 1.82) is 0 Å². The largest absolute Gasteiger partial charge is 0.322 e. The van der Waals surface area contributed by atoms with Crippen LogP contribution in [0.2, 0.25) is 0 Å². The maximum atomic E-state index is 10.8. The Balaban J connectivity index is 2.31. The molecule has 0 aromatic rings. The second kappa shape index (κ2) is 3.48. The van der Waals surface area contributed by atoms with Gasteiger partial charge in [0.15, 0.2) is 7.11 Å². The third-order valence-electron chi connectivity index (χ3n) is 1.48. The Hall–Kier alpha value is -0.680. The van der Waals surface area contributed by atoms with Gasteiger partial charge < -0.3 is 0 Å². The maximum Gasteiger partial charge on any atom is 0.322 e. The van der Waals surface area contributed by atoms with Crippen molar-refractivity contribution in [2.45, 2.75) is 19.0 Å². The zero-order valence-corrected chi connectivity index (χ0v) is 5.96. The van der Waals surface area contributed by atoms with Crippen molar-refractivity contribution < 1.29 is 9.76 Å². The van der Waals surface area contributed by atoms with Gasteiger partial charge in [0.25, 0.3) is 0 Å². The van der Waals surface area contributed by atoms with Crippen LogP contribution in [0, 0.1) is 4.91 Å². The Morgan fingerprint density at radius 2 is 2.50 bits per heavy atom. The molecule has 58 valence electrons. The average Bonchev–Trinajstić information content (AvgIpc) is 2.05. The predicted molar refractivity (Wildman–Crippen MR) is 34.8 cm³/mol. The van der Waals surface area contributed by atoms with E-state index in [0.29, 0.717) is 4.92 Å². The van der Waals surface area contributed by atoms with E-state index < -0.39 is 0 Å². The second-order valence-electron chi connectivity index (χ2n) is 2.20. The molecule has 0 amide bonds. The van der Waals surface area contributed by atoms with E-state index in [1.54, 1.807) is 0 Å². The summed E-state index contributed by atoms with van der Waals surface area (Å²) in [5.74, 6) is 0. The molecule has 0 aromatic carbocycles. The van der Waals surface area contributed by atoms with Gasteiger partial charge in [0.1, 0.15) is 0 Å². The summed E-state index contributed by atoms with van der Waals surface area (Å²) in [5, 5.41) is 0. The Morgan fingerprint density at radius 1 is 1.70 bits per heavy atom. The van der Waals surface area contributed by atoms with E-state index in [2.05, 4.69) is 15.7 Å². The molecule has 0 unspecified atom stereocenters. The van der Waals surface area contributed by atoms with Gasteiger partial charge in [-0.25, -0.2) is 4.84 Å². The molecule has 1 aliphatic rings. The van der Waals surface area contributed by atoms with Gasteiger partial charge in [-0.1, -0.05) is 0 Å². The summed E-state index contributed by atoms with van der Waals surface area (Å²) in [4.78, 5) is 15.8. The first-order valence-electron chi connectivity index (χ1n) is 3.33. The highest BCUT2D eigenvalue weighted by Gasteiger charge is 2.28. The number of rotatable bonds is 2. The SMILES string of the molecule is CO[N+](=O)[C@@H]1CCCNN1. The summed E-state index contributed by atoms with van der Waals surface area (Å²) < 4.78 is 0. The van der Waals surface area contributed by atoms with Crippen LogP contribution in [-0.4, -0.2) is 24.7 Å². The molecule has 0 aliphatic carbocycles. The highest BCUT2D eigenvalue weighted by atomic mass is 16.8. The fourth-order valence-corrected chi connectivity index (χ4v) is 0.931. The van der Waals surface area contributed by atoms with Gasteiger partial charge in [-0.3, -0.25) is 5.43 Å². The highest BCUT2D eigenvalue weighted by molar-refractivity contribution is 4.57. The van der Waals surface area contributed by atoms with Gasteiger partial charge in [0.2, 0.25) is 4.92 Å². The van der Waals surface area contributed by atoms with Gasteiger partial charge in [-0.15, -0.1) is 0 Å². The van der Waals surface area contributed by atoms with Gasteiger partial charge in [-0.2, -0.15) is 5.43 Å². The minimum absolute atomic E-state index is 0.237. The molecule has 10 heavy (non-hydrogen) atoms. The van der Waals surface area contributed by atoms with Crippen molar-refractivity contribution in [3.8, 4) is 0 Å². The number of nitrogens with zero attached hydrogens (tertiary/aromatic N) is 1. The summed E-state index contributed by atoms with van der Waals surface area (Å²) >= 11 is 0. The van der Waals surface area contributed by atoms with Crippen LogP contribution in [0.1, 0.15) is 12.8 Å². The quantitative estimate of drug-likeness (QED) is 0.518. The Kier molecular flexibility index (Phi) is 2.58. The first kappa shape index (κ1) is 7.43. The topological polar surface area (TPSA) is 53.4 Å². The molecule has 5 heteroatoms. The highest BCUT2D eigenvalue weighted by Crippen LogP contribution is 2.00. The lowest BCUT2D eigenvalue weighted by molar-refractivity contribution is -0.824. The lowest BCUT2D eigenvalue weighted by Crippen LogP contribution is -2.50. The minimum atomic E-state index is -0.237. The van der Waals surface area contributed by atoms with Crippen LogP contribution in [0.15, 0.2) is 0 Å². The van der Waals surface area contributed by atoms with E-state index >= 15 is 0 Å². The number of hydrazine groups is 1. The van der Waals surface area contributed by atoms with Crippen molar-refractivity contribution in [1.82, 2.24) is 10.9 Å². The van der Waals surface area contributed by atoms with Crippen LogP contribution in [0.5, 0.6) is 0 Å². The summed E-state index contributed by atoms with van der Waals surface area (Å²) in [5.41, 5.74) is 5.69. The molecule has 0 radical (unpaired) electrons. The number of hydrogen-bond donors (Lipinski definition) is 2. The molecule has 1 aliphatic heterocycles. The zero-order chi connectivity index (χ0) is 7.40. The van der Waals surface area contributed by atoms with Crippen LogP contribution in [0.25, 0.3) is 0 Å². The van der Waals surface area contributed by atoms with Crippen LogP contribution in [0.3, 0.4) is 0 Å². The summed E-state index contributed by atoms with van der Waals surface area (Å²) in [7, 11) is 1.36. The maximum absolute atomic E-state index is 10.8. The van der Waals surface area contributed by atoms with Crippen molar-refractivity contribution in [2.24, 2.45) is 0 Å². The summed E-state index contributed by atoms with van der Waals surface area (Å²) in [6, 6.07) is 0. The summed E-state index contributed by atoms with van der Waals surface area (Å²) in [6.07, 6.45) is 1.59. The van der Waals surface area contributed by atoms with E-state index in [4.69, 9.17) is 0 Å². The first-order chi connectivity index (χ1) is 4.84.